The molecular formula is C14H17N3O. The highest BCUT2D eigenvalue weighted by atomic mass is 16.5. The number of aromatic nitrogens is 2. The van der Waals surface area contributed by atoms with Crippen molar-refractivity contribution >= 4 is 0 Å². The lowest BCUT2D eigenvalue weighted by Crippen LogP contribution is -2.12. The van der Waals surface area contributed by atoms with Gasteiger partial charge in [-0.25, -0.2) is 4.98 Å². The van der Waals surface area contributed by atoms with Crippen molar-refractivity contribution in [1.82, 2.24) is 15.3 Å². The quantitative estimate of drug-likeness (QED) is 0.877. The van der Waals surface area contributed by atoms with Crippen molar-refractivity contribution in [2.75, 3.05) is 6.54 Å². The summed E-state index contributed by atoms with van der Waals surface area (Å²) in [5, 5.41) is 3.24. The molecule has 0 radical (unpaired) electrons. The SMILES string of the molecule is CCNCc1cccc(Oc2cccnc2C)n1. The zero-order valence-corrected chi connectivity index (χ0v) is 10.7. The summed E-state index contributed by atoms with van der Waals surface area (Å²) in [6, 6.07) is 9.51. The van der Waals surface area contributed by atoms with Gasteiger partial charge in [0.2, 0.25) is 5.88 Å². The van der Waals surface area contributed by atoms with Gasteiger partial charge >= 0.3 is 0 Å². The van der Waals surface area contributed by atoms with Crippen molar-refractivity contribution in [3.63, 3.8) is 0 Å². The molecule has 2 aromatic heterocycles. The number of hydrogen-bond donors (Lipinski definition) is 1. The Morgan fingerprint density at radius 2 is 2.11 bits per heavy atom. The first kappa shape index (κ1) is 12.5. The molecule has 4 nitrogen and oxygen atoms in total. The molecule has 0 spiro atoms. The fourth-order valence-corrected chi connectivity index (χ4v) is 1.56. The Labute approximate surface area is 107 Å². The van der Waals surface area contributed by atoms with Crippen molar-refractivity contribution in [1.29, 1.82) is 0 Å². The summed E-state index contributed by atoms with van der Waals surface area (Å²) < 4.78 is 5.73. The van der Waals surface area contributed by atoms with Crippen LogP contribution in [0, 0.1) is 6.92 Å². The maximum atomic E-state index is 5.73. The first-order valence-corrected chi connectivity index (χ1v) is 6.05. The molecular weight excluding hydrogens is 226 g/mol. The second kappa shape index (κ2) is 6.12. The minimum absolute atomic E-state index is 0.599. The number of rotatable bonds is 5. The van der Waals surface area contributed by atoms with Crippen molar-refractivity contribution in [3.05, 3.63) is 47.9 Å². The van der Waals surface area contributed by atoms with Gasteiger partial charge in [0.1, 0.15) is 0 Å². The first-order valence-electron chi connectivity index (χ1n) is 6.05. The van der Waals surface area contributed by atoms with Gasteiger partial charge in [0.05, 0.1) is 11.4 Å². The fraction of sp³-hybridized carbons (Fsp3) is 0.286. The van der Waals surface area contributed by atoms with Gasteiger partial charge < -0.3 is 10.1 Å². The van der Waals surface area contributed by atoms with Gasteiger partial charge in [-0.3, -0.25) is 4.98 Å². The van der Waals surface area contributed by atoms with Crippen LogP contribution in [0.15, 0.2) is 36.5 Å². The molecule has 0 atom stereocenters. The average molecular weight is 243 g/mol. The van der Waals surface area contributed by atoms with Crippen LogP contribution in [0.1, 0.15) is 18.3 Å². The smallest absolute Gasteiger partial charge is 0.219 e. The van der Waals surface area contributed by atoms with Crippen molar-refractivity contribution in [2.24, 2.45) is 0 Å². The molecule has 2 aromatic rings. The molecule has 0 bridgehead atoms. The van der Waals surface area contributed by atoms with Crippen molar-refractivity contribution in [2.45, 2.75) is 20.4 Å². The summed E-state index contributed by atoms with van der Waals surface area (Å²) in [6.45, 7) is 5.66. The van der Waals surface area contributed by atoms with Crippen LogP contribution in [0.25, 0.3) is 0 Å². The Morgan fingerprint density at radius 1 is 1.22 bits per heavy atom. The maximum absolute atomic E-state index is 5.73. The summed E-state index contributed by atoms with van der Waals surface area (Å²) in [6.07, 6.45) is 1.75. The van der Waals surface area contributed by atoms with Crippen LogP contribution in [0.4, 0.5) is 0 Å². The van der Waals surface area contributed by atoms with E-state index in [4.69, 9.17) is 4.74 Å². The third-order valence-electron chi connectivity index (χ3n) is 2.51. The summed E-state index contributed by atoms with van der Waals surface area (Å²) >= 11 is 0. The largest absolute Gasteiger partial charge is 0.437 e. The maximum Gasteiger partial charge on any atom is 0.219 e. The molecule has 0 saturated carbocycles. The van der Waals surface area contributed by atoms with Crippen LogP contribution >= 0.6 is 0 Å². The number of nitrogens with zero attached hydrogens (tertiary/aromatic N) is 2. The molecule has 0 fully saturated rings. The molecule has 94 valence electrons. The zero-order valence-electron chi connectivity index (χ0n) is 10.7. The molecule has 2 rings (SSSR count). The summed E-state index contributed by atoms with van der Waals surface area (Å²) in [4.78, 5) is 8.62. The standard InChI is InChI=1S/C14H17N3O/c1-3-15-10-12-6-4-8-14(17-12)18-13-7-5-9-16-11(13)2/h4-9,15H,3,10H2,1-2H3. The number of pyridine rings is 2. The van der Waals surface area contributed by atoms with Gasteiger partial charge in [-0.1, -0.05) is 13.0 Å². The van der Waals surface area contributed by atoms with Crippen LogP contribution in [-0.4, -0.2) is 16.5 Å². The molecule has 0 aromatic carbocycles. The highest BCUT2D eigenvalue weighted by molar-refractivity contribution is 5.30. The molecule has 0 aliphatic rings. The number of ether oxygens (including phenoxy) is 1. The molecule has 2 heterocycles. The van der Waals surface area contributed by atoms with E-state index in [0.29, 0.717) is 5.88 Å². The van der Waals surface area contributed by atoms with Gasteiger partial charge in [0.25, 0.3) is 0 Å². The Balaban J connectivity index is 2.12. The third-order valence-corrected chi connectivity index (χ3v) is 2.51. The van der Waals surface area contributed by atoms with Gasteiger partial charge in [-0.15, -0.1) is 0 Å². The third kappa shape index (κ3) is 3.28. The number of aryl methyl sites for hydroxylation is 1. The Hall–Kier alpha value is -1.94. The number of hydrogen-bond acceptors (Lipinski definition) is 4. The Morgan fingerprint density at radius 3 is 2.89 bits per heavy atom. The van der Waals surface area contributed by atoms with Crippen LogP contribution in [0.3, 0.4) is 0 Å². The molecule has 1 N–H and O–H groups in total. The number of nitrogens with one attached hydrogen (secondary N) is 1. The van der Waals surface area contributed by atoms with E-state index in [9.17, 15) is 0 Å². The average Bonchev–Trinajstić information content (AvgIpc) is 2.40. The lowest BCUT2D eigenvalue weighted by Gasteiger charge is -2.08. The van der Waals surface area contributed by atoms with E-state index in [-0.39, 0.29) is 0 Å². The first-order chi connectivity index (χ1) is 8.79. The minimum Gasteiger partial charge on any atom is -0.437 e. The van der Waals surface area contributed by atoms with Crippen LogP contribution in [0.5, 0.6) is 11.6 Å². The van der Waals surface area contributed by atoms with Crippen LogP contribution in [0.2, 0.25) is 0 Å². The summed E-state index contributed by atoms with van der Waals surface area (Å²) in [7, 11) is 0. The normalized spacial score (nSPS) is 10.3. The van der Waals surface area contributed by atoms with Gasteiger partial charge in [0, 0.05) is 18.8 Å². The molecule has 4 heteroatoms. The van der Waals surface area contributed by atoms with Crippen LogP contribution < -0.4 is 10.1 Å². The lowest BCUT2D eigenvalue weighted by molar-refractivity contribution is 0.453. The van der Waals surface area contributed by atoms with Gasteiger partial charge in [-0.2, -0.15) is 0 Å². The minimum atomic E-state index is 0.599. The summed E-state index contributed by atoms with van der Waals surface area (Å²) in [5.41, 5.74) is 1.83. The topological polar surface area (TPSA) is 47.0 Å². The van der Waals surface area contributed by atoms with E-state index in [1.807, 2.05) is 37.3 Å². The molecule has 18 heavy (non-hydrogen) atoms. The molecule has 0 amide bonds. The second-order valence-corrected chi connectivity index (χ2v) is 3.94. The molecule has 0 unspecified atom stereocenters. The predicted octanol–water partition coefficient (Wildman–Crippen LogP) is 2.69. The van der Waals surface area contributed by atoms with Crippen molar-refractivity contribution < 1.29 is 4.74 Å². The molecule has 0 aliphatic carbocycles. The zero-order chi connectivity index (χ0) is 12.8. The highest BCUT2D eigenvalue weighted by Gasteiger charge is 2.03. The van der Waals surface area contributed by atoms with E-state index in [0.717, 1.165) is 30.2 Å². The highest BCUT2D eigenvalue weighted by Crippen LogP contribution is 2.21. The van der Waals surface area contributed by atoms with Crippen LogP contribution in [-0.2, 0) is 6.54 Å². The van der Waals surface area contributed by atoms with E-state index in [2.05, 4.69) is 22.2 Å². The van der Waals surface area contributed by atoms with E-state index in [1.165, 1.54) is 0 Å². The predicted molar refractivity (Wildman–Crippen MR) is 70.7 cm³/mol. The lowest BCUT2D eigenvalue weighted by atomic mass is 10.3. The molecule has 0 aliphatic heterocycles. The van der Waals surface area contributed by atoms with E-state index in [1.54, 1.807) is 6.20 Å². The monoisotopic (exact) mass is 243 g/mol. The van der Waals surface area contributed by atoms with Gasteiger partial charge in [0.15, 0.2) is 5.75 Å². The van der Waals surface area contributed by atoms with E-state index >= 15 is 0 Å². The van der Waals surface area contributed by atoms with Crippen molar-refractivity contribution in [3.8, 4) is 11.6 Å². The Kier molecular flexibility index (Phi) is 4.25. The fourth-order valence-electron chi connectivity index (χ4n) is 1.56. The van der Waals surface area contributed by atoms with E-state index < -0.39 is 0 Å². The molecule has 0 saturated heterocycles. The van der Waals surface area contributed by atoms with Gasteiger partial charge in [-0.05, 0) is 31.7 Å². The summed E-state index contributed by atoms with van der Waals surface area (Å²) in [5.74, 6) is 1.34. The Bertz CT molecular complexity index is 514. The second-order valence-electron chi connectivity index (χ2n) is 3.94.